The van der Waals surface area contributed by atoms with Crippen molar-refractivity contribution < 1.29 is 29.0 Å². The zero-order valence-corrected chi connectivity index (χ0v) is 22.4. The second-order valence-corrected chi connectivity index (χ2v) is 10.1. The Morgan fingerprint density at radius 3 is 1.98 bits per heavy atom. The smallest absolute Gasteiger partial charge is 0.407 e. The number of aliphatic carboxylic acids is 1. The summed E-state index contributed by atoms with van der Waals surface area (Å²) in [7, 11) is 0. The first-order valence-corrected chi connectivity index (χ1v) is 13.2. The Morgan fingerprint density at radius 2 is 1.40 bits per heavy atom. The fourth-order valence-electron chi connectivity index (χ4n) is 4.87. The van der Waals surface area contributed by atoms with Crippen molar-refractivity contribution in [3.8, 4) is 11.1 Å². The van der Waals surface area contributed by atoms with E-state index in [1.165, 1.54) is 0 Å². The summed E-state index contributed by atoms with van der Waals surface area (Å²) in [5.74, 6) is -2.84. The predicted octanol–water partition coefficient (Wildman–Crippen LogP) is 3.48. The van der Waals surface area contributed by atoms with Gasteiger partial charge in [0.25, 0.3) is 0 Å². The number of carbonyl (C=O) groups excluding carboxylic acids is 3. The third-order valence-electron chi connectivity index (χ3n) is 6.90. The van der Waals surface area contributed by atoms with Crippen LogP contribution in [-0.2, 0) is 25.5 Å². The Hall–Kier alpha value is -4.66. The van der Waals surface area contributed by atoms with Crippen LogP contribution >= 0.6 is 0 Å². The van der Waals surface area contributed by atoms with Crippen molar-refractivity contribution in [2.45, 2.75) is 38.3 Å². The van der Waals surface area contributed by atoms with Crippen LogP contribution in [0, 0.1) is 5.92 Å². The lowest BCUT2D eigenvalue weighted by molar-refractivity contribution is -0.142. The fourth-order valence-corrected chi connectivity index (χ4v) is 4.87. The van der Waals surface area contributed by atoms with E-state index >= 15 is 0 Å². The highest BCUT2D eigenvalue weighted by Gasteiger charge is 2.30. The zero-order chi connectivity index (χ0) is 28.6. The van der Waals surface area contributed by atoms with Crippen LogP contribution in [0.3, 0.4) is 0 Å². The van der Waals surface area contributed by atoms with Gasteiger partial charge in [0, 0.05) is 12.3 Å². The summed E-state index contributed by atoms with van der Waals surface area (Å²) < 4.78 is 5.45. The van der Waals surface area contributed by atoms with Gasteiger partial charge in [-0.3, -0.25) is 9.59 Å². The Labute approximate surface area is 232 Å². The minimum atomic E-state index is -1.18. The van der Waals surface area contributed by atoms with Crippen LogP contribution in [0.15, 0.2) is 78.9 Å². The van der Waals surface area contributed by atoms with Gasteiger partial charge in [-0.15, -0.1) is 0 Å². The highest BCUT2D eigenvalue weighted by atomic mass is 16.5. The Balaban J connectivity index is 1.28. The summed E-state index contributed by atoms with van der Waals surface area (Å²) in [5, 5.41) is 17.1. The first-order chi connectivity index (χ1) is 19.2. The molecule has 0 radical (unpaired) electrons. The average molecular weight is 544 g/mol. The van der Waals surface area contributed by atoms with Crippen molar-refractivity contribution in [3.05, 3.63) is 95.6 Å². The normalized spacial score (nSPS) is 13.5. The molecule has 4 N–H and O–H groups in total. The van der Waals surface area contributed by atoms with Gasteiger partial charge in [-0.1, -0.05) is 92.7 Å². The Kier molecular flexibility index (Phi) is 9.16. The number of fused-ring (bicyclic) bond motifs is 3. The van der Waals surface area contributed by atoms with Gasteiger partial charge < -0.3 is 25.8 Å². The summed E-state index contributed by atoms with van der Waals surface area (Å²) in [5.41, 5.74) is 5.13. The molecule has 0 unspecified atom stereocenters. The number of carbonyl (C=O) groups is 4. The molecule has 0 heterocycles. The maximum atomic E-state index is 12.9. The fraction of sp³-hybridized carbons (Fsp3) is 0.290. The molecule has 3 aromatic rings. The van der Waals surface area contributed by atoms with Gasteiger partial charge in [-0.05, 0) is 33.7 Å². The molecule has 0 aliphatic heterocycles. The van der Waals surface area contributed by atoms with E-state index in [9.17, 15) is 24.3 Å². The van der Waals surface area contributed by atoms with Gasteiger partial charge in [0.2, 0.25) is 11.8 Å². The van der Waals surface area contributed by atoms with Gasteiger partial charge in [0.1, 0.15) is 25.2 Å². The molecule has 40 heavy (non-hydrogen) atoms. The highest BCUT2D eigenvalue weighted by Crippen LogP contribution is 2.44. The summed E-state index contributed by atoms with van der Waals surface area (Å²) >= 11 is 0. The summed E-state index contributed by atoms with van der Waals surface area (Å²) in [6.45, 7) is 3.17. The van der Waals surface area contributed by atoms with Crippen LogP contribution in [0.5, 0.6) is 0 Å². The average Bonchev–Trinajstić information content (AvgIpc) is 3.27. The van der Waals surface area contributed by atoms with Crippen LogP contribution in [0.4, 0.5) is 4.79 Å². The van der Waals surface area contributed by atoms with Crippen molar-refractivity contribution in [2.75, 3.05) is 13.2 Å². The Bertz CT molecular complexity index is 1330. The van der Waals surface area contributed by atoms with E-state index in [1.54, 1.807) is 38.1 Å². The summed E-state index contributed by atoms with van der Waals surface area (Å²) in [6, 6.07) is 22.8. The van der Waals surface area contributed by atoms with E-state index in [4.69, 9.17) is 4.74 Å². The number of ether oxygens (including phenoxy) is 1. The number of alkyl carbamates (subject to hydrolysis) is 1. The van der Waals surface area contributed by atoms with Crippen molar-refractivity contribution in [2.24, 2.45) is 5.92 Å². The molecule has 0 bridgehead atoms. The molecule has 3 aromatic carbocycles. The van der Waals surface area contributed by atoms with Crippen molar-refractivity contribution in [1.82, 2.24) is 16.0 Å². The lowest BCUT2D eigenvalue weighted by Gasteiger charge is -2.24. The molecule has 0 saturated carbocycles. The zero-order valence-electron chi connectivity index (χ0n) is 22.4. The number of carboxylic acid groups (broad SMARTS) is 1. The first kappa shape index (κ1) is 28.4. The minimum absolute atomic E-state index is 0.101. The Morgan fingerprint density at radius 1 is 0.825 bits per heavy atom. The number of benzene rings is 3. The minimum Gasteiger partial charge on any atom is -0.480 e. The monoisotopic (exact) mass is 543 g/mol. The molecule has 9 heteroatoms. The quantitative estimate of drug-likeness (QED) is 0.293. The molecule has 1 aliphatic rings. The van der Waals surface area contributed by atoms with Crippen LogP contribution in [0.2, 0.25) is 0 Å². The van der Waals surface area contributed by atoms with Gasteiger partial charge >= 0.3 is 12.1 Å². The summed E-state index contributed by atoms with van der Waals surface area (Å²) in [6.07, 6.45) is -0.652. The topological polar surface area (TPSA) is 134 Å². The largest absolute Gasteiger partial charge is 0.480 e. The molecule has 4 rings (SSSR count). The molecule has 0 saturated heterocycles. The van der Waals surface area contributed by atoms with E-state index < -0.39 is 42.5 Å². The molecular weight excluding hydrogens is 510 g/mol. The molecule has 9 nitrogen and oxygen atoms in total. The number of carboxylic acids is 1. The van der Waals surface area contributed by atoms with Crippen LogP contribution < -0.4 is 16.0 Å². The predicted molar refractivity (Wildman–Crippen MR) is 150 cm³/mol. The number of hydrogen-bond donors (Lipinski definition) is 4. The molecule has 2 atom stereocenters. The third-order valence-corrected chi connectivity index (χ3v) is 6.90. The van der Waals surface area contributed by atoms with Crippen LogP contribution in [-0.4, -0.2) is 54.2 Å². The second-order valence-electron chi connectivity index (χ2n) is 10.1. The second kappa shape index (κ2) is 12.9. The van der Waals surface area contributed by atoms with Crippen molar-refractivity contribution in [3.63, 3.8) is 0 Å². The van der Waals surface area contributed by atoms with Gasteiger partial charge in [0.05, 0.1) is 0 Å². The van der Waals surface area contributed by atoms with E-state index in [0.29, 0.717) is 0 Å². The van der Waals surface area contributed by atoms with Gasteiger partial charge in [0.15, 0.2) is 0 Å². The summed E-state index contributed by atoms with van der Waals surface area (Å²) in [4.78, 5) is 49.7. The van der Waals surface area contributed by atoms with Crippen LogP contribution in [0.1, 0.15) is 36.5 Å². The number of amides is 3. The molecule has 0 fully saturated rings. The van der Waals surface area contributed by atoms with E-state index in [-0.39, 0.29) is 24.9 Å². The highest BCUT2D eigenvalue weighted by molar-refractivity contribution is 5.91. The molecular formula is C31H33N3O6. The molecule has 208 valence electrons. The third kappa shape index (κ3) is 6.85. The lowest BCUT2D eigenvalue weighted by Crippen LogP contribution is -2.55. The van der Waals surface area contributed by atoms with Gasteiger partial charge in [-0.25, -0.2) is 9.59 Å². The molecule has 1 aliphatic carbocycles. The number of nitrogens with one attached hydrogen (secondary N) is 3. The number of hydrogen-bond acceptors (Lipinski definition) is 5. The van der Waals surface area contributed by atoms with E-state index in [0.717, 1.165) is 27.8 Å². The van der Waals surface area contributed by atoms with Crippen LogP contribution in [0.25, 0.3) is 11.1 Å². The van der Waals surface area contributed by atoms with Gasteiger partial charge in [-0.2, -0.15) is 0 Å². The number of rotatable bonds is 11. The molecule has 0 aromatic heterocycles. The van der Waals surface area contributed by atoms with Crippen molar-refractivity contribution in [1.29, 1.82) is 0 Å². The maximum absolute atomic E-state index is 12.9. The molecule has 0 spiro atoms. The maximum Gasteiger partial charge on any atom is 0.407 e. The first-order valence-electron chi connectivity index (χ1n) is 13.2. The van der Waals surface area contributed by atoms with E-state index in [2.05, 4.69) is 16.0 Å². The van der Waals surface area contributed by atoms with Crippen molar-refractivity contribution >= 4 is 23.9 Å². The SMILES string of the molecule is CC(C)[C@H](NC(=O)CNC(=O)OCC1c2ccccc2-c2ccccc21)C(=O)N[C@@H](Cc1ccccc1)C(=O)O. The standard InChI is InChI=1S/C31H33N3O6/c1-19(2)28(29(36)33-26(30(37)38)16-20-10-4-3-5-11-20)34-27(35)17-32-31(39)40-18-25-23-14-8-6-12-21(23)22-13-7-9-15-24(22)25/h3-15,19,25-26,28H,16-18H2,1-2H3,(H,32,39)(H,33,36)(H,34,35)(H,37,38)/t26-,28-/m0/s1. The lowest BCUT2D eigenvalue weighted by atomic mass is 9.98. The molecule has 3 amide bonds. The van der Waals surface area contributed by atoms with E-state index in [1.807, 2.05) is 54.6 Å².